The van der Waals surface area contributed by atoms with Crippen molar-refractivity contribution in [2.45, 2.75) is 59.8 Å². The van der Waals surface area contributed by atoms with Crippen LogP contribution in [0.15, 0.2) is 30.4 Å². The molecule has 0 bridgehead atoms. The average molecular weight is 244 g/mol. The molecule has 100 valence electrons. The summed E-state index contributed by atoms with van der Waals surface area (Å²) in [5.41, 5.74) is 4.71. The summed E-state index contributed by atoms with van der Waals surface area (Å²) in [4.78, 5) is 0. The van der Waals surface area contributed by atoms with Gasteiger partial charge in [-0.1, -0.05) is 65.0 Å². The van der Waals surface area contributed by atoms with Crippen molar-refractivity contribution >= 4 is 0 Å². The molecule has 0 nitrogen and oxygen atoms in total. The number of hydrogen-bond donors (Lipinski definition) is 0. The monoisotopic (exact) mass is 244 g/mol. The van der Waals surface area contributed by atoms with Crippen molar-refractivity contribution < 1.29 is 0 Å². The summed E-state index contributed by atoms with van der Waals surface area (Å²) in [5.74, 6) is 0.621. The van der Waals surface area contributed by atoms with E-state index in [9.17, 15) is 0 Å². The lowest BCUT2D eigenvalue weighted by Crippen LogP contribution is -2.12. The maximum atomic E-state index is 2.42. The van der Waals surface area contributed by atoms with Crippen LogP contribution in [0.4, 0.5) is 0 Å². The molecule has 0 N–H and O–H groups in total. The Kier molecular flexibility index (Phi) is 5.19. The highest BCUT2D eigenvalue weighted by atomic mass is 14.2. The number of rotatable bonds is 4. The summed E-state index contributed by atoms with van der Waals surface area (Å²) < 4.78 is 0. The molecule has 0 saturated heterocycles. The van der Waals surface area contributed by atoms with Crippen molar-refractivity contribution in [3.63, 3.8) is 0 Å². The second-order valence-electron chi connectivity index (χ2n) is 6.29. The molecule has 0 heterocycles. The zero-order valence-electron chi connectivity index (χ0n) is 12.9. The van der Waals surface area contributed by atoms with Gasteiger partial charge in [0.15, 0.2) is 0 Å². The van der Waals surface area contributed by atoms with E-state index in [1.807, 2.05) is 0 Å². The van der Waals surface area contributed by atoms with E-state index >= 15 is 0 Å². The van der Waals surface area contributed by atoms with Crippen LogP contribution in [-0.2, 0) is 18.3 Å². The van der Waals surface area contributed by atoms with Crippen molar-refractivity contribution in [3.05, 3.63) is 47.0 Å². The smallest absolute Gasteiger partial charge is 0.0132 e. The maximum absolute atomic E-state index is 2.42. The molecule has 1 aromatic carbocycles. The normalized spacial score (nSPS) is 14.1. The van der Waals surface area contributed by atoms with Gasteiger partial charge in [0, 0.05) is 0 Å². The highest BCUT2D eigenvalue weighted by molar-refractivity contribution is 5.35. The summed E-state index contributed by atoms with van der Waals surface area (Å²) in [6.45, 7) is 13.5. The molecule has 0 aliphatic heterocycles. The maximum Gasteiger partial charge on any atom is -0.0132 e. The van der Waals surface area contributed by atoms with Crippen LogP contribution in [0.3, 0.4) is 0 Å². The Morgan fingerprint density at radius 1 is 1.17 bits per heavy atom. The molecule has 0 radical (unpaired) electrons. The minimum atomic E-state index is 0.241. The largest absolute Gasteiger partial charge is 0.0914 e. The lowest BCUT2D eigenvalue weighted by Gasteiger charge is -2.22. The molecule has 0 aliphatic carbocycles. The van der Waals surface area contributed by atoms with Gasteiger partial charge in [-0.2, -0.15) is 0 Å². The Morgan fingerprint density at radius 2 is 1.83 bits per heavy atom. The van der Waals surface area contributed by atoms with Crippen LogP contribution >= 0.6 is 0 Å². The molecule has 1 atom stereocenters. The van der Waals surface area contributed by atoms with Crippen LogP contribution in [-0.4, -0.2) is 0 Å². The highest BCUT2D eigenvalue weighted by Crippen LogP contribution is 2.26. The van der Waals surface area contributed by atoms with Gasteiger partial charge in [-0.25, -0.2) is 0 Å². The van der Waals surface area contributed by atoms with E-state index in [4.69, 9.17) is 0 Å². The van der Waals surface area contributed by atoms with Gasteiger partial charge in [-0.3, -0.25) is 0 Å². The third-order valence-electron chi connectivity index (χ3n) is 3.52. The van der Waals surface area contributed by atoms with Crippen molar-refractivity contribution in [2.75, 3.05) is 0 Å². The number of allylic oxidation sites excluding steroid dienone is 2. The molecular weight excluding hydrogens is 216 g/mol. The van der Waals surface area contributed by atoms with Crippen LogP contribution < -0.4 is 0 Å². The zero-order valence-corrected chi connectivity index (χ0v) is 12.9. The van der Waals surface area contributed by atoms with Crippen LogP contribution in [0.2, 0.25) is 0 Å². The topological polar surface area (TPSA) is 0 Å². The minimum Gasteiger partial charge on any atom is -0.0914 e. The fraction of sp³-hybridized carbons (Fsp3) is 0.556. The standard InChI is InChI=1S/C18H28/c1-7-9-14(3)12-16-13-17(18(4,5)6)11-10-15(16)8-2/h7,9-11,13-14H,8,12H2,1-6H3/b9-7-. The molecule has 1 unspecified atom stereocenters. The van der Waals surface area contributed by atoms with Crippen LogP contribution in [0.5, 0.6) is 0 Å². The van der Waals surface area contributed by atoms with Gasteiger partial charge in [0.25, 0.3) is 0 Å². The first-order chi connectivity index (χ1) is 8.38. The van der Waals surface area contributed by atoms with Gasteiger partial charge in [-0.15, -0.1) is 0 Å². The van der Waals surface area contributed by atoms with Crippen molar-refractivity contribution in [1.29, 1.82) is 0 Å². The predicted molar refractivity (Wildman–Crippen MR) is 82.2 cm³/mol. The van der Waals surface area contributed by atoms with Crippen molar-refractivity contribution in [3.8, 4) is 0 Å². The second-order valence-corrected chi connectivity index (χ2v) is 6.29. The Morgan fingerprint density at radius 3 is 2.33 bits per heavy atom. The molecule has 18 heavy (non-hydrogen) atoms. The van der Waals surface area contributed by atoms with E-state index in [0.29, 0.717) is 5.92 Å². The lowest BCUT2D eigenvalue weighted by molar-refractivity contribution is 0.587. The summed E-state index contributed by atoms with van der Waals surface area (Å²) >= 11 is 0. The minimum absolute atomic E-state index is 0.241. The van der Waals surface area contributed by atoms with E-state index in [1.54, 1.807) is 0 Å². The first-order valence-electron chi connectivity index (χ1n) is 7.13. The fourth-order valence-electron chi connectivity index (χ4n) is 2.37. The molecule has 0 aromatic heterocycles. The van der Waals surface area contributed by atoms with Crippen molar-refractivity contribution in [2.24, 2.45) is 5.92 Å². The molecule has 0 amide bonds. The molecular formula is C18H28. The first kappa shape index (κ1) is 15.0. The van der Waals surface area contributed by atoms with Crippen molar-refractivity contribution in [1.82, 2.24) is 0 Å². The number of benzene rings is 1. The highest BCUT2D eigenvalue weighted by Gasteiger charge is 2.15. The molecule has 1 rings (SSSR count). The Balaban J connectivity index is 3.06. The fourth-order valence-corrected chi connectivity index (χ4v) is 2.37. The SMILES string of the molecule is C/C=C\C(C)Cc1cc(C(C)(C)C)ccc1CC. The van der Waals surface area contributed by atoms with Gasteiger partial charge < -0.3 is 0 Å². The predicted octanol–water partition coefficient (Wildman–Crippen LogP) is 5.30. The van der Waals surface area contributed by atoms with Gasteiger partial charge in [0.1, 0.15) is 0 Å². The van der Waals surface area contributed by atoms with Gasteiger partial charge in [0.05, 0.1) is 0 Å². The molecule has 1 aromatic rings. The van der Waals surface area contributed by atoms with Gasteiger partial charge >= 0.3 is 0 Å². The Bertz CT molecular complexity index is 405. The van der Waals surface area contributed by atoms with E-state index in [2.05, 4.69) is 71.9 Å². The molecule has 0 aliphatic rings. The van der Waals surface area contributed by atoms with Crippen LogP contribution in [0.25, 0.3) is 0 Å². The summed E-state index contributed by atoms with van der Waals surface area (Å²) in [7, 11) is 0. The lowest BCUT2D eigenvalue weighted by atomic mass is 9.83. The molecule has 0 saturated carbocycles. The van der Waals surface area contributed by atoms with E-state index in [-0.39, 0.29) is 5.41 Å². The van der Waals surface area contributed by atoms with Gasteiger partial charge in [-0.05, 0) is 47.8 Å². The summed E-state index contributed by atoms with van der Waals surface area (Å²) in [6.07, 6.45) is 6.73. The third-order valence-corrected chi connectivity index (χ3v) is 3.52. The Labute approximate surface area is 113 Å². The molecule has 0 spiro atoms. The number of hydrogen-bond acceptors (Lipinski definition) is 0. The average Bonchev–Trinajstić information content (AvgIpc) is 2.28. The quantitative estimate of drug-likeness (QED) is 0.630. The van der Waals surface area contributed by atoms with Crippen LogP contribution in [0, 0.1) is 5.92 Å². The number of aryl methyl sites for hydroxylation is 1. The van der Waals surface area contributed by atoms with Gasteiger partial charge in [0.2, 0.25) is 0 Å². The summed E-state index contributed by atoms with van der Waals surface area (Å²) in [6, 6.07) is 7.03. The molecule has 0 heteroatoms. The first-order valence-corrected chi connectivity index (χ1v) is 7.13. The van der Waals surface area contributed by atoms with E-state index < -0.39 is 0 Å². The third kappa shape index (κ3) is 4.01. The summed E-state index contributed by atoms with van der Waals surface area (Å²) in [5, 5.41) is 0. The van der Waals surface area contributed by atoms with E-state index in [1.165, 1.54) is 16.7 Å². The van der Waals surface area contributed by atoms with Crippen LogP contribution in [0.1, 0.15) is 58.2 Å². The van der Waals surface area contributed by atoms with E-state index in [0.717, 1.165) is 12.8 Å². The molecule has 0 fully saturated rings. The Hall–Kier alpha value is -1.04. The zero-order chi connectivity index (χ0) is 13.8. The second kappa shape index (κ2) is 6.22.